The molecule has 2 bridgehead atoms. The second kappa shape index (κ2) is 5.33. The number of aromatic amines is 1. The molecular weight excluding hydrogens is 282 g/mol. The van der Waals surface area contributed by atoms with Crippen LogP contribution < -0.4 is 0 Å². The molecule has 0 aliphatic carbocycles. The van der Waals surface area contributed by atoms with Gasteiger partial charge in [0.1, 0.15) is 11.0 Å². The van der Waals surface area contributed by atoms with Gasteiger partial charge in [-0.3, -0.25) is 4.79 Å². The highest BCUT2D eigenvalue weighted by Crippen LogP contribution is 2.22. The van der Waals surface area contributed by atoms with Gasteiger partial charge in [0.2, 0.25) is 0 Å². The molecule has 0 radical (unpaired) electrons. The number of carbonyl (C=O) groups excluding carboxylic acids is 1. The Morgan fingerprint density at radius 3 is 3.00 bits per heavy atom. The summed E-state index contributed by atoms with van der Waals surface area (Å²) in [7, 11) is 2.11. The molecule has 2 fully saturated rings. The average molecular weight is 301 g/mol. The molecule has 22 heavy (non-hydrogen) atoms. The minimum Gasteiger partial charge on any atom is -0.379 e. The van der Waals surface area contributed by atoms with E-state index in [1.165, 1.54) is 0 Å². The summed E-state index contributed by atoms with van der Waals surface area (Å²) in [6.07, 6.45) is 0. The molecule has 1 N–H and O–H groups in total. The molecule has 4 rings (SSSR count). The van der Waals surface area contributed by atoms with Crippen molar-refractivity contribution in [1.29, 1.82) is 0 Å². The van der Waals surface area contributed by atoms with Crippen LogP contribution in [0.25, 0.3) is 11.0 Å². The zero-order valence-electron chi connectivity index (χ0n) is 12.5. The number of fused-ring (bicyclic) bond motifs is 4. The molecule has 116 valence electrons. The van der Waals surface area contributed by atoms with Gasteiger partial charge in [0.05, 0.1) is 19.3 Å². The van der Waals surface area contributed by atoms with Crippen molar-refractivity contribution in [1.82, 2.24) is 25.2 Å². The van der Waals surface area contributed by atoms with Gasteiger partial charge >= 0.3 is 0 Å². The monoisotopic (exact) mass is 301 g/mol. The van der Waals surface area contributed by atoms with Crippen LogP contribution in [0.5, 0.6) is 0 Å². The third kappa shape index (κ3) is 2.36. The SMILES string of the molecule is CN1C[C@@H]2COC[C@H](C1)N(C(=O)c1ccc3n[nH]nc3c1)C2. The van der Waals surface area contributed by atoms with E-state index in [1.54, 1.807) is 6.07 Å². The van der Waals surface area contributed by atoms with E-state index in [2.05, 4.69) is 27.4 Å². The van der Waals surface area contributed by atoms with Crippen molar-refractivity contribution in [3.63, 3.8) is 0 Å². The Balaban J connectivity index is 1.65. The molecule has 2 aromatic rings. The number of amides is 1. The van der Waals surface area contributed by atoms with Crippen molar-refractivity contribution in [3.05, 3.63) is 23.8 Å². The van der Waals surface area contributed by atoms with Crippen molar-refractivity contribution in [2.45, 2.75) is 6.04 Å². The molecule has 0 spiro atoms. The van der Waals surface area contributed by atoms with Crippen LogP contribution in [0.4, 0.5) is 0 Å². The Hall–Kier alpha value is -1.99. The van der Waals surface area contributed by atoms with E-state index in [9.17, 15) is 4.79 Å². The minimum atomic E-state index is 0.0562. The molecular formula is C15H19N5O2. The summed E-state index contributed by atoms with van der Waals surface area (Å²) in [6, 6.07) is 5.57. The number of benzene rings is 1. The lowest BCUT2D eigenvalue weighted by molar-refractivity contribution is 0.0483. The number of likely N-dealkylation sites (N-methyl/N-ethyl adjacent to an activating group) is 1. The van der Waals surface area contributed by atoms with Gasteiger partial charge in [-0.1, -0.05) is 0 Å². The number of nitrogens with zero attached hydrogens (tertiary/aromatic N) is 4. The Morgan fingerprint density at radius 1 is 1.23 bits per heavy atom. The lowest BCUT2D eigenvalue weighted by Crippen LogP contribution is -2.45. The number of ether oxygens (including phenoxy) is 1. The van der Waals surface area contributed by atoms with Crippen LogP contribution in [0.15, 0.2) is 18.2 Å². The van der Waals surface area contributed by atoms with Crippen LogP contribution in [-0.4, -0.2) is 77.1 Å². The van der Waals surface area contributed by atoms with Gasteiger partial charge in [0.15, 0.2) is 0 Å². The summed E-state index contributed by atoms with van der Waals surface area (Å²) in [6.45, 7) is 3.92. The fraction of sp³-hybridized carbons (Fsp3) is 0.533. The van der Waals surface area contributed by atoms with E-state index in [4.69, 9.17) is 4.74 Å². The summed E-state index contributed by atoms with van der Waals surface area (Å²) in [4.78, 5) is 17.2. The normalized spacial score (nSPS) is 26.1. The quantitative estimate of drug-likeness (QED) is 0.823. The number of carbonyl (C=O) groups is 1. The highest BCUT2D eigenvalue weighted by molar-refractivity contribution is 5.97. The Kier molecular flexibility index (Phi) is 3.31. The van der Waals surface area contributed by atoms with Crippen molar-refractivity contribution in [3.8, 4) is 0 Å². The van der Waals surface area contributed by atoms with Crippen molar-refractivity contribution >= 4 is 16.9 Å². The predicted molar refractivity (Wildman–Crippen MR) is 80.5 cm³/mol. The first-order chi connectivity index (χ1) is 10.7. The molecule has 3 heterocycles. The number of hydrogen-bond acceptors (Lipinski definition) is 5. The fourth-order valence-corrected chi connectivity index (χ4v) is 3.47. The maximum atomic E-state index is 13.0. The van der Waals surface area contributed by atoms with Gasteiger partial charge < -0.3 is 14.5 Å². The van der Waals surface area contributed by atoms with Gasteiger partial charge in [-0.25, -0.2) is 0 Å². The van der Waals surface area contributed by atoms with Crippen LogP contribution in [0.1, 0.15) is 10.4 Å². The third-order valence-corrected chi connectivity index (χ3v) is 4.48. The van der Waals surface area contributed by atoms with Crippen LogP contribution in [-0.2, 0) is 4.74 Å². The summed E-state index contributed by atoms with van der Waals surface area (Å²) in [5.41, 5.74) is 2.16. The van der Waals surface area contributed by atoms with Crippen molar-refractivity contribution in [2.75, 3.05) is 39.9 Å². The molecule has 7 heteroatoms. The van der Waals surface area contributed by atoms with Gasteiger partial charge in [0, 0.05) is 31.1 Å². The molecule has 2 aliphatic rings. The maximum absolute atomic E-state index is 13.0. The van der Waals surface area contributed by atoms with E-state index >= 15 is 0 Å². The highest BCUT2D eigenvalue weighted by Gasteiger charge is 2.35. The molecule has 1 aromatic carbocycles. The van der Waals surface area contributed by atoms with Crippen LogP contribution in [0, 0.1) is 5.92 Å². The summed E-state index contributed by atoms with van der Waals surface area (Å²) in [5.74, 6) is 0.429. The van der Waals surface area contributed by atoms with Crippen LogP contribution in [0.3, 0.4) is 0 Å². The zero-order chi connectivity index (χ0) is 15.1. The van der Waals surface area contributed by atoms with Gasteiger partial charge in [0.25, 0.3) is 5.91 Å². The number of H-pyrrole nitrogens is 1. The van der Waals surface area contributed by atoms with E-state index < -0.39 is 0 Å². The first kappa shape index (κ1) is 13.7. The van der Waals surface area contributed by atoms with Crippen LogP contribution >= 0.6 is 0 Å². The average Bonchev–Trinajstić information content (AvgIpc) is 2.80. The van der Waals surface area contributed by atoms with E-state index in [-0.39, 0.29) is 11.9 Å². The summed E-state index contributed by atoms with van der Waals surface area (Å²) < 4.78 is 5.74. The number of aromatic nitrogens is 3. The van der Waals surface area contributed by atoms with Gasteiger partial charge in [-0.2, -0.15) is 15.4 Å². The third-order valence-electron chi connectivity index (χ3n) is 4.48. The van der Waals surface area contributed by atoms with Crippen LogP contribution in [0.2, 0.25) is 0 Å². The second-order valence-corrected chi connectivity index (χ2v) is 6.26. The smallest absolute Gasteiger partial charge is 0.254 e. The van der Waals surface area contributed by atoms with Gasteiger partial charge in [-0.05, 0) is 25.2 Å². The summed E-state index contributed by atoms with van der Waals surface area (Å²) >= 11 is 0. The van der Waals surface area contributed by atoms with Gasteiger partial charge in [-0.15, -0.1) is 0 Å². The molecule has 1 aromatic heterocycles. The molecule has 2 aliphatic heterocycles. The lowest BCUT2D eigenvalue weighted by Gasteiger charge is -2.29. The maximum Gasteiger partial charge on any atom is 0.254 e. The molecule has 2 atom stereocenters. The molecule has 0 saturated carbocycles. The standard InChI is InChI=1S/C15H19N5O2/c1-19-5-10-6-20(12(7-19)9-22-8-10)15(21)11-2-3-13-14(4-11)17-18-16-13/h2-4,10,12H,5-9H2,1H3,(H,16,17,18)/t10-,12-/m0/s1. The van der Waals surface area contributed by atoms with E-state index in [0.29, 0.717) is 18.1 Å². The van der Waals surface area contributed by atoms with E-state index in [0.717, 1.165) is 37.3 Å². The zero-order valence-corrected chi connectivity index (χ0v) is 12.5. The summed E-state index contributed by atoms with van der Waals surface area (Å²) in [5, 5.41) is 10.7. The Labute approximate surface area is 128 Å². The molecule has 1 amide bonds. The Bertz CT molecular complexity index is 700. The second-order valence-electron chi connectivity index (χ2n) is 6.26. The Morgan fingerprint density at radius 2 is 2.09 bits per heavy atom. The van der Waals surface area contributed by atoms with Crippen molar-refractivity contribution in [2.24, 2.45) is 5.92 Å². The number of rotatable bonds is 1. The highest BCUT2D eigenvalue weighted by atomic mass is 16.5. The minimum absolute atomic E-state index is 0.0562. The first-order valence-electron chi connectivity index (χ1n) is 7.58. The first-order valence-corrected chi connectivity index (χ1v) is 7.58. The van der Waals surface area contributed by atoms with Crippen molar-refractivity contribution < 1.29 is 9.53 Å². The largest absolute Gasteiger partial charge is 0.379 e. The van der Waals surface area contributed by atoms with E-state index in [1.807, 2.05) is 17.0 Å². The lowest BCUT2D eigenvalue weighted by atomic mass is 10.1. The molecule has 7 nitrogen and oxygen atoms in total. The molecule has 2 saturated heterocycles. The number of nitrogens with one attached hydrogen (secondary N) is 1. The predicted octanol–water partition coefficient (Wildman–Crippen LogP) is 0.361. The topological polar surface area (TPSA) is 74.3 Å². The molecule has 0 unspecified atom stereocenters. The fourth-order valence-electron chi connectivity index (χ4n) is 3.47. The number of hydrogen-bond donors (Lipinski definition) is 1.